The molecule has 6 aromatic rings. The summed E-state index contributed by atoms with van der Waals surface area (Å²) in [5, 5.41) is 11.0. The first-order valence-electron chi connectivity index (χ1n) is 32.9. The monoisotopic (exact) mass is 1450 g/mol. The molecule has 7 heterocycles. The number of fused-ring (bicyclic) bond motifs is 2. The highest BCUT2D eigenvalue weighted by Crippen LogP contribution is 2.38. The predicted molar refractivity (Wildman–Crippen MR) is 384 cm³/mol. The number of piperazine rings is 2. The van der Waals surface area contributed by atoms with Crippen LogP contribution in [0.25, 0.3) is 33.1 Å². The zero-order valence-corrected chi connectivity index (χ0v) is 64.0. The number of nitrogens with zero attached hydrogens (tertiary/aromatic N) is 10. The molecule has 0 N–H and O–H groups in total. The molecule has 0 radical (unpaired) electrons. The highest BCUT2D eigenvalue weighted by Gasteiger charge is 2.52. The van der Waals surface area contributed by atoms with Crippen LogP contribution in [0.1, 0.15) is 111 Å². The van der Waals surface area contributed by atoms with Crippen LogP contribution in [-0.2, 0) is 41.7 Å². The molecule has 0 unspecified atom stereocenters. The molecule has 9 rings (SSSR count). The molecule has 2 amide bonds. The van der Waals surface area contributed by atoms with Crippen molar-refractivity contribution in [1.29, 1.82) is 0 Å². The van der Waals surface area contributed by atoms with Gasteiger partial charge in [0, 0.05) is 122 Å². The average molecular weight is 1450 g/mol. The zero-order valence-electron chi connectivity index (χ0n) is 59.8. The highest BCUT2D eigenvalue weighted by molar-refractivity contribution is 14.1. The lowest BCUT2D eigenvalue weighted by Crippen LogP contribution is -2.55. The lowest BCUT2D eigenvalue weighted by atomic mass is 9.79. The molecule has 2 aromatic carbocycles. The molecule has 0 bridgehead atoms. The van der Waals surface area contributed by atoms with Crippen molar-refractivity contribution in [2.45, 2.75) is 222 Å². The van der Waals surface area contributed by atoms with Gasteiger partial charge >= 0.3 is 19.3 Å². The molecule has 518 valence electrons. The molecule has 3 aliphatic heterocycles. The Morgan fingerprint density at radius 2 is 1.06 bits per heavy atom. The van der Waals surface area contributed by atoms with Gasteiger partial charge in [0.25, 0.3) is 0 Å². The molecular formula is C68H104BF2IN10O10Si2. The third-order valence-corrected chi connectivity index (χ3v) is 20.4. The maximum Gasteiger partial charge on any atom is 0.495 e. The normalized spacial score (nSPS) is 17.8. The predicted octanol–water partition coefficient (Wildman–Crippen LogP) is 14.5. The lowest BCUT2D eigenvalue weighted by Gasteiger charge is -2.40. The van der Waals surface area contributed by atoms with Crippen LogP contribution in [-0.4, -0.2) is 174 Å². The van der Waals surface area contributed by atoms with Crippen LogP contribution in [0.4, 0.5) is 30.0 Å². The molecule has 0 spiro atoms. The Labute approximate surface area is 572 Å². The molecule has 3 saturated heterocycles. The Morgan fingerprint density at radius 1 is 0.638 bits per heavy atom. The third-order valence-electron chi connectivity index (χ3n) is 16.2. The van der Waals surface area contributed by atoms with Gasteiger partial charge in [-0.05, 0) is 187 Å². The van der Waals surface area contributed by atoms with Gasteiger partial charge in [-0.25, -0.2) is 37.7 Å². The first-order chi connectivity index (χ1) is 43.6. The smallest absolute Gasteiger partial charge is 0.488 e. The van der Waals surface area contributed by atoms with E-state index in [0.29, 0.717) is 70.4 Å². The molecule has 2 atom stereocenters. The van der Waals surface area contributed by atoms with Crippen LogP contribution in [0, 0.1) is 15.3 Å². The number of anilines is 2. The molecule has 94 heavy (non-hydrogen) atoms. The second-order valence-electron chi connectivity index (χ2n) is 30.6. The van der Waals surface area contributed by atoms with E-state index in [-0.39, 0.29) is 71.7 Å². The highest BCUT2D eigenvalue weighted by atomic mass is 127. The average Bonchev–Trinajstić information content (AvgIpc) is 1.61. The van der Waals surface area contributed by atoms with E-state index in [9.17, 15) is 14.0 Å². The van der Waals surface area contributed by atoms with Crippen LogP contribution >= 0.6 is 22.6 Å². The Balaban J connectivity index is 0.000000210. The number of rotatable bonds is 18. The van der Waals surface area contributed by atoms with Gasteiger partial charge in [-0.15, -0.1) is 0 Å². The van der Waals surface area contributed by atoms with Gasteiger partial charge in [-0.1, -0.05) is 39.3 Å². The van der Waals surface area contributed by atoms with E-state index in [1.54, 1.807) is 43.7 Å². The number of halogens is 3. The van der Waals surface area contributed by atoms with E-state index in [4.69, 9.17) is 42.8 Å². The fourth-order valence-electron chi connectivity index (χ4n) is 10.5. The summed E-state index contributed by atoms with van der Waals surface area (Å²) in [4.78, 5) is 42.3. The van der Waals surface area contributed by atoms with Gasteiger partial charge in [0.2, 0.25) is 0 Å². The van der Waals surface area contributed by atoms with E-state index >= 15 is 4.39 Å². The van der Waals surface area contributed by atoms with Crippen LogP contribution in [0.3, 0.4) is 0 Å². The van der Waals surface area contributed by atoms with Crippen molar-refractivity contribution < 1.29 is 56.1 Å². The summed E-state index contributed by atoms with van der Waals surface area (Å²) in [6.07, 6.45) is 2.75. The summed E-state index contributed by atoms with van der Waals surface area (Å²) in [6, 6.07) is 16.4. The van der Waals surface area contributed by atoms with E-state index in [1.165, 1.54) is 12.1 Å². The van der Waals surface area contributed by atoms with Crippen molar-refractivity contribution in [1.82, 2.24) is 39.3 Å². The van der Waals surface area contributed by atoms with E-state index < -0.39 is 40.3 Å². The minimum absolute atomic E-state index is 0.0286. The summed E-state index contributed by atoms with van der Waals surface area (Å²) < 4.78 is 80.0. The molecule has 3 fully saturated rings. The summed E-state index contributed by atoms with van der Waals surface area (Å²) in [7, 11) is -2.77. The minimum atomic E-state index is -1.25. The van der Waals surface area contributed by atoms with Gasteiger partial charge in [-0.2, -0.15) is 10.2 Å². The Morgan fingerprint density at radius 3 is 1.50 bits per heavy atom. The summed E-state index contributed by atoms with van der Waals surface area (Å²) >= 11 is 2.16. The van der Waals surface area contributed by atoms with Crippen LogP contribution in [0.5, 0.6) is 11.5 Å². The number of hydrogen-bond acceptors (Lipinski definition) is 16. The van der Waals surface area contributed by atoms with Gasteiger partial charge in [0.05, 0.1) is 34.4 Å². The van der Waals surface area contributed by atoms with Crippen molar-refractivity contribution in [3.63, 3.8) is 0 Å². The maximum atomic E-state index is 15.1. The minimum Gasteiger partial charge on any atom is -0.488 e. The van der Waals surface area contributed by atoms with E-state index in [2.05, 4.69) is 86.7 Å². The molecule has 4 aromatic heterocycles. The summed E-state index contributed by atoms with van der Waals surface area (Å²) in [5.41, 5.74) is 2.09. The maximum absolute atomic E-state index is 15.1. The number of hydrogen-bond donors (Lipinski definition) is 0. The van der Waals surface area contributed by atoms with Gasteiger partial charge in [0.15, 0.2) is 23.1 Å². The number of aromatic nitrogens is 6. The number of pyridine rings is 2. The SMILES string of the molecule is CC(C)Oc1cc2c(-c3ccnc(N4CCN(C(=O)OC(C)(C)C)[C@@H](C)C4)c3)nn(COCC[Si](C)(C)C)c2cc1F.CC(C)Oc1cc2c(I)nn(COCC[Si](C)(C)C)c2cc1F.C[C@H]1CN(c2cc(B3OC(C)(C)C(C)(C)O3)ccn2)CCN1C(=O)OC(C)(C)C. The summed E-state index contributed by atoms with van der Waals surface area (Å²) in [5.74, 6) is 1.32. The van der Waals surface area contributed by atoms with E-state index in [0.717, 1.165) is 54.7 Å². The third kappa shape index (κ3) is 20.9. The molecule has 3 aliphatic rings. The molecule has 20 nitrogen and oxygen atoms in total. The largest absolute Gasteiger partial charge is 0.495 e. The molecular weight excluding hydrogens is 1350 g/mol. The number of carbonyl (C=O) groups excluding carboxylic acids is 2. The van der Waals surface area contributed by atoms with Crippen molar-refractivity contribution in [2.75, 3.05) is 62.3 Å². The van der Waals surface area contributed by atoms with Gasteiger partial charge < -0.3 is 57.3 Å². The molecule has 0 saturated carbocycles. The van der Waals surface area contributed by atoms with Crippen LogP contribution in [0.2, 0.25) is 51.4 Å². The van der Waals surface area contributed by atoms with Crippen molar-refractivity contribution in [3.8, 4) is 22.8 Å². The van der Waals surface area contributed by atoms with Gasteiger partial charge in [-0.3, -0.25) is 0 Å². The van der Waals surface area contributed by atoms with E-state index in [1.807, 2.05) is 135 Å². The topological polar surface area (TPSA) is 182 Å². The number of benzene rings is 2. The zero-order chi connectivity index (χ0) is 69.6. The molecule has 0 aliphatic carbocycles. The number of carbonyl (C=O) groups is 2. The lowest BCUT2D eigenvalue weighted by molar-refractivity contribution is 0.00578. The van der Waals surface area contributed by atoms with Crippen LogP contribution in [0.15, 0.2) is 60.9 Å². The fraction of sp³-hybridized carbons (Fsp3) is 0.618. The van der Waals surface area contributed by atoms with Crippen molar-refractivity contribution >= 4 is 96.9 Å². The van der Waals surface area contributed by atoms with Crippen molar-refractivity contribution in [3.05, 3.63) is 76.3 Å². The van der Waals surface area contributed by atoms with Crippen LogP contribution < -0.4 is 24.7 Å². The Hall–Kier alpha value is -5.65. The first kappa shape index (κ1) is 75.7. The Kier molecular flexibility index (Phi) is 24.8. The summed E-state index contributed by atoms with van der Waals surface area (Å²) in [6.45, 7) is 50.6. The quantitative estimate of drug-likeness (QED) is 0.0450. The first-order valence-corrected chi connectivity index (χ1v) is 41.4. The fourth-order valence-corrected chi connectivity index (χ4v) is 12.7. The number of amides is 2. The molecule has 26 heteroatoms. The van der Waals surface area contributed by atoms with Crippen molar-refractivity contribution in [2.24, 2.45) is 0 Å². The second-order valence-corrected chi connectivity index (χ2v) is 42.9. The number of ether oxygens (including phenoxy) is 6. The van der Waals surface area contributed by atoms with Gasteiger partial charge in [0.1, 0.15) is 45.7 Å². The standard InChI is InChI=1S/C31H46FN5O4Si.C21H34BN3O4.C16H24FIN2O2Si/c1-21(2)40-27-17-24-26(18-25(27)32)37(20-39-14-15-42(7,8)9)34-29(24)23-10-11-33-28(16-23)35-12-13-36(22(3)19-35)30(38)41-31(4,5)6;1-15-14-24(11-12-25(15)18(26)27-19(2,3)4)17-13-16(9-10-23-17)22-28-20(5,6)21(7,8)29-22;1-11(2)22-15-8-12-14(9-13(15)17)20(19-16(12)18)10-21-6-7-23(3,4)5/h10-11,16-18,21-22H,12-15,19-20H2,1-9H3;9-10,13,15H,11-12,14H2,1-8H3;8-9,11H,6-7,10H2,1-5H3/t22-;15-;/m00./s1. The second kappa shape index (κ2) is 30.8. The Bertz CT molecular complexity index is 3530.